The number of hydrogen-bond acceptors (Lipinski definition) is 8. The Hall–Kier alpha value is -4.19. The molecule has 0 aliphatic heterocycles. The number of halogens is 3. The first kappa shape index (κ1) is 24.5. The average molecular weight is 492 g/mol. The van der Waals surface area contributed by atoms with Gasteiger partial charge in [0.25, 0.3) is 0 Å². The Balaban J connectivity index is 2.24. The first-order valence-electron chi connectivity index (χ1n) is 9.27. The van der Waals surface area contributed by atoms with Crippen LogP contribution < -0.4 is 9.47 Å². The van der Waals surface area contributed by atoms with Crippen molar-refractivity contribution in [2.24, 2.45) is 5.16 Å². The van der Waals surface area contributed by atoms with E-state index in [4.69, 9.17) is 14.9 Å². The summed E-state index contributed by atoms with van der Waals surface area (Å²) in [5.74, 6) is -0.673. The van der Waals surface area contributed by atoms with Gasteiger partial charge in [0.05, 0.1) is 6.26 Å². The molecule has 34 heavy (non-hydrogen) atoms. The van der Waals surface area contributed by atoms with Crippen molar-refractivity contribution in [3.05, 3.63) is 84.6 Å². The molecule has 0 atom stereocenters. The van der Waals surface area contributed by atoms with Crippen molar-refractivity contribution in [1.29, 1.82) is 5.41 Å². The van der Waals surface area contributed by atoms with E-state index < -0.39 is 27.1 Å². The SMILES string of the molecule is C=COc1cccc2c(C(=O)/C(=N/OS(=O)(=O)C(F)(F)F)c3ccccc3)cc(OC=N)cc12. The molecule has 0 bridgehead atoms. The lowest BCUT2D eigenvalue weighted by Crippen LogP contribution is -2.25. The van der Waals surface area contributed by atoms with Crippen LogP contribution in [0.3, 0.4) is 0 Å². The molecular formula is C22H15F3N2O6S. The van der Waals surface area contributed by atoms with Crippen molar-refractivity contribution in [2.45, 2.75) is 5.51 Å². The number of carbonyl (C=O) groups is 1. The smallest absolute Gasteiger partial charge is 0.465 e. The second-order valence-corrected chi connectivity index (χ2v) is 7.97. The molecule has 3 aromatic rings. The van der Waals surface area contributed by atoms with Crippen molar-refractivity contribution in [1.82, 2.24) is 0 Å². The number of ketones is 1. The molecule has 0 amide bonds. The maximum absolute atomic E-state index is 13.5. The summed E-state index contributed by atoms with van der Waals surface area (Å²) in [6.45, 7) is 3.47. The lowest BCUT2D eigenvalue weighted by molar-refractivity contribution is -0.0540. The summed E-state index contributed by atoms with van der Waals surface area (Å²) in [5.41, 5.74) is -6.59. The molecule has 3 rings (SSSR count). The first-order valence-corrected chi connectivity index (χ1v) is 10.7. The fourth-order valence-electron chi connectivity index (χ4n) is 2.93. The van der Waals surface area contributed by atoms with Crippen LogP contribution in [-0.2, 0) is 14.4 Å². The molecule has 0 spiro atoms. The predicted octanol–water partition coefficient (Wildman–Crippen LogP) is 4.80. The van der Waals surface area contributed by atoms with Gasteiger partial charge in [0.2, 0.25) is 5.78 Å². The van der Waals surface area contributed by atoms with Crippen LogP contribution in [0.1, 0.15) is 15.9 Å². The molecule has 0 radical (unpaired) electrons. The van der Waals surface area contributed by atoms with Gasteiger partial charge in [-0.1, -0.05) is 54.2 Å². The highest BCUT2D eigenvalue weighted by atomic mass is 32.2. The molecule has 0 aliphatic carbocycles. The maximum Gasteiger partial charge on any atom is 0.536 e. The van der Waals surface area contributed by atoms with Crippen LogP contribution in [0.2, 0.25) is 0 Å². The van der Waals surface area contributed by atoms with E-state index in [1.54, 1.807) is 18.2 Å². The molecule has 0 heterocycles. The van der Waals surface area contributed by atoms with Crippen LogP contribution in [0.25, 0.3) is 10.8 Å². The Bertz CT molecular complexity index is 1390. The van der Waals surface area contributed by atoms with Gasteiger partial charge in [-0.25, -0.2) is 0 Å². The molecule has 0 saturated carbocycles. The second-order valence-electron chi connectivity index (χ2n) is 6.45. The Morgan fingerprint density at radius 2 is 1.71 bits per heavy atom. The van der Waals surface area contributed by atoms with E-state index in [0.29, 0.717) is 11.8 Å². The molecule has 3 aromatic carbocycles. The zero-order chi connectivity index (χ0) is 24.9. The molecule has 0 aliphatic rings. The van der Waals surface area contributed by atoms with Crippen LogP contribution in [-0.4, -0.2) is 31.8 Å². The molecule has 12 heteroatoms. The summed E-state index contributed by atoms with van der Waals surface area (Å²) in [5, 5.41) is 10.9. The predicted molar refractivity (Wildman–Crippen MR) is 118 cm³/mol. The highest BCUT2D eigenvalue weighted by molar-refractivity contribution is 7.87. The summed E-state index contributed by atoms with van der Waals surface area (Å²) in [4.78, 5) is 13.5. The van der Waals surface area contributed by atoms with Crippen molar-refractivity contribution >= 4 is 38.8 Å². The number of benzene rings is 3. The molecule has 176 valence electrons. The quantitative estimate of drug-likeness (QED) is 0.115. The molecule has 0 saturated heterocycles. The lowest BCUT2D eigenvalue weighted by atomic mass is 9.95. The number of nitrogens with one attached hydrogen (secondary N) is 1. The topological polar surface area (TPSA) is 115 Å². The van der Waals surface area contributed by atoms with Gasteiger partial charge in [-0.15, -0.1) is 0 Å². The summed E-state index contributed by atoms with van der Waals surface area (Å²) in [6, 6.07) is 14.5. The van der Waals surface area contributed by atoms with Gasteiger partial charge < -0.3 is 9.47 Å². The molecule has 0 unspecified atom stereocenters. The third-order valence-corrected chi connectivity index (χ3v) is 5.19. The number of nitrogens with zero attached hydrogens (tertiary/aromatic N) is 1. The molecular weight excluding hydrogens is 477 g/mol. The fourth-order valence-corrected chi connectivity index (χ4v) is 3.18. The standard InChI is InChI=1S/C22H15F3N2O6S/c1-2-31-19-10-6-9-16-17(19)11-15(32-13-26)12-18(16)21(28)20(14-7-4-3-5-8-14)27-33-34(29,30)22(23,24)25/h2-13,26H,1H2/b26-13?,27-20+. The fraction of sp³-hybridized carbons (Fsp3) is 0.0455. The Kier molecular flexibility index (Phi) is 7.01. The minimum absolute atomic E-state index is 0.00473. The van der Waals surface area contributed by atoms with E-state index in [9.17, 15) is 26.4 Å². The van der Waals surface area contributed by atoms with Gasteiger partial charge in [-0.05, 0) is 23.6 Å². The molecule has 1 N–H and O–H groups in total. The number of ether oxygens (including phenoxy) is 2. The van der Waals surface area contributed by atoms with E-state index in [0.717, 1.165) is 6.26 Å². The average Bonchev–Trinajstić information content (AvgIpc) is 2.79. The van der Waals surface area contributed by atoms with E-state index in [1.807, 2.05) is 0 Å². The Labute approximate surface area is 191 Å². The molecule has 8 nitrogen and oxygen atoms in total. The number of Topliss-reactive ketones (excluding diaryl/α,β-unsaturated/α-hetero) is 1. The van der Waals surface area contributed by atoms with E-state index >= 15 is 0 Å². The number of alkyl halides is 3. The maximum atomic E-state index is 13.5. The van der Waals surface area contributed by atoms with Gasteiger partial charge >= 0.3 is 15.6 Å². The van der Waals surface area contributed by atoms with E-state index in [2.05, 4.69) is 16.0 Å². The largest absolute Gasteiger partial charge is 0.536 e. The minimum atomic E-state index is -6.12. The highest BCUT2D eigenvalue weighted by Crippen LogP contribution is 2.33. The van der Waals surface area contributed by atoms with Crippen LogP contribution in [0.5, 0.6) is 11.5 Å². The minimum Gasteiger partial charge on any atom is -0.465 e. The van der Waals surface area contributed by atoms with Gasteiger partial charge in [0, 0.05) is 16.5 Å². The van der Waals surface area contributed by atoms with Crippen molar-refractivity contribution in [2.75, 3.05) is 0 Å². The van der Waals surface area contributed by atoms with Crippen molar-refractivity contribution in [3.8, 4) is 11.5 Å². The number of hydrogen-bond donors (Lipinski definition) is 1. The zero-order valence-corrected chi connectivity index (χ0v) is 17.9. The number of carbonyl (C=O) groups excluding carboxylic acids is 1. The summed E-state index contributed by atoms with van der Waals surface area (Å²) in [7, 11) is -6.12. The molecule has 0 aromatic heterocycles. The van der Waals surface area contributed by atoms with Gasteiger partial charge in [-0.3, -0.25) is 14.5 Å². The van der Waals surface area contributed by atoms with Crippen molar-refractivity contribution in [3.63, 3.8) is 0 Å². The third kappa shape index (κ3) is 5.07. The number of rotatable bonds is 9. The van der Waals surface area contributed by atoms with Gasteiger partial charge in [0.1, 0.15) is 11.5 Å². The highest BCUT2D eigenvalue weighted by Gasteiger charge is 2.49. The lowest BCUT2D eigenvalue weighted by Gasteiger charge is -2.13. The summed E-state index contributed by atoms with van der Waals surface area (Å²) < 4.78 is 75.2. The van der Waals surface area contributed by atoms with Crippen LogP contribution in [0, 0.1) is 5.41 Å². The van der Waals surface area contributed by atoms with Crippen LogP contribution in [0.15, 0.2) is 78.7 Å². The normalized spacial score (nSPS) is 12.1. The Morgan fingerprint density at radius 3 is 2.32 bits per heavy atom. The van der Waals surface area contributed by atoms with Crippen LogP contribution in [0.4, 0.5) is 13.2 Å². The number of fused-ring (bicyclic) bond motifs is 1. The summed E-state index contributed by atoms with van der Waals surface area (Å²) in [6.07, 6.45) is 1.75. The summed E-state index contributed by atoms with van der Waals surface area (Å²) >= 11 is 0. The zero-order valence-electron chi connectivity index (χ0n) is 17.1. The van der Waals surface area contributed by atoms with Gasteiger partial charge in [0.15, 0.2) is 12.1 Å². The van der Waals surface area contributed by atoms with Crippen molar-refractivity contribution < 1.29 is 40.1 Å². The molecule has 0 fully saturated rings. The van der Waals surface area contributed by atoms with Crippen LogP contribution >= 0.6 is 0 Å². The first-order chi connectivity index (χ1) is 16.1. The monoisotopic (exact) mass is 492 g/mol. The number of oxime groups is 1. The van der Waals surface area contributed by atoms with E-state index in [1.165, 1.54) is 42.5 Å². The Morgan fingerprint density at radius 1 is 1.00 bits per heavy atom. The second kappa shape index (κ2) is 9.75. The van der Waals surface area contributed by atoms with Gasteiger partial charge in [-0.2, -0.15) is 21.6 Å². The van der Waals surface area contributed by atoms with E-state index in [-0.39, 0.29) is 28.0 Å². The third-order valence-electron chi connectivity index (χ3n) is 4.35.